The first kappa shape index (κ1) is 19.4. The number of thiazole rings is 1. The van der Waals surface area contributed by atoms with E-state index in [0.29, 0.717) is 5.37 Å². The van der Waals surface area contributed by atoms with Crippen molar-refractivity contribution in [3.05, 3.63) is 67.1 Å². The summed E-state index contributed by atoms with van der Waals surface area (Å²) >= 11 is 5.44. The molecule has 26 heavy (non-hydrogen) atoms. The van der Waals surface area contributed by atoms with Crippen LogP contribution in [0.1, 0.15) is 24.5 Å². The lowest BCUT2D eigenvalue weighted by molar-refractivity contribution is -0.674. The van der Waals surface area contributed by atoms with Gasteiger partial charge >= 0.3 is 0 Å². The van der Waals surface area contributed by atoms with Crippen molar-refractivity contribution in [3.8, 4) is 0 Å². The molecule has 0 radical (unpaired) electrons. The van der Waals surface area contributed by atoms with Crippen LogP contribution in [0.5, 0.6) is 0 Å². The fraction of sp³-hybridized carbons (Fsp3) is 0.350. The quantitative estimate of drug-likeness (QED) is 0.512. The van der Waals surface area contributed by atoms with Gasteiger partial charge in [0.15, 0.2) is 5.69 Å². The maximum Gasteiger partial charge on any atom is 0.261 e. The van der Waals surface area contributed by atoms with E-state index < -0.39 is 0 Å². The summed E-state index contributed by atoms with van der Waals surface area (Å²) in [5, 5.41) is 9.50. The average Bonchev–Trinajstić information content (AvgIpc) is 3.24. The minimum Gasteiger partial charge on any atom is -0.361 e. The summed E-state index contributed by atoms with van der Waals surface area (Å²) in [6.45, 7) is 6.46. The highest BCUT2D eigenvalue weighted by atomic mass is 32.2. The molecule has 6 heteroatoms. The zero-order valence-electron chi connectivity index (χ0n) is 16.2. The first-order chi connectivity index (χ1) is 12.4. The van der Waals surface area contributed by atoms with E-state index >= 15 is 0 Å². The van der Waals surface area contributed by atoms with Gasteiger partial charge in [0.2, 0.25) is 0 Å². The summed E-state index contributed by atoms with van der Waals surface area (Å²) in [6.07, 6.45) is 9.00. The lowest BCUT2D eigenvalue weighted by Crippen LogP contribution is -2.31. The van der Waals surface area contributed by atoms with Crippen LogP contribution < -0.4 is 4.57 Å². The topological polar surface area (TPSA) is 10.4 Å². The number of aryl methyl sites for hydroxylation is 1. The smallest absolute Gasteiger partial charge is 0.261 e. The second-order valence-corrected chi connectivity index (χ2v) is 9.31. The fourth-order valence-corrected chi connectivity index (χ4v) is 5.59. The third-order valence-corrected chi connectivity index (χ3v) is 8.36. The van der Waals surface area contributed by atoms with E-state index in [-0.39, 0.29) is 0 Å². The number of thioether (sulfide) groups is 2. The van der Waals surface area contributed by atoms with Gasteiger partial charge in [0.1, 0.15) is 12.4 Å². The molecule has 2 aliphatic rings. The van der Waals surface area contributed by atoms with Crippen molar-refractivity contribution < 1.29 is 4.57 Å². The molecule has 0 N–H and O–H groups in total. The SMILES string of the molecule is CC1=CS\C(=C/C=C(/C=C/c2scc(C)[n+]2C)C2SC=C(C)N2C)N1C. The zero-order chi connectivity index (χ0) is 18.8. The molecule has 1 unspecified atom stereocenters. The average molecular weight is 405 g/mol. The molecule has 1 aromatic rings. The molecule has 0 amide bonds. The van der Waals surface area contributed by atoms with Crippen LogP contribution in [0.4, 0.5) is 0 Å². The molecule has 0 saturated heterocycles. The number of allylic oxidation sites excluding steroid dienone is 4. The van der Waals surface area contributed by atoms with E-state index in [9.17, 15) is 0 Å². The molecule has 0 aliphatic carbocycles. The van der Waals surface area contributed by atoms with Crippen molar-refractivity contribution in [1.82, 2.24) is 9.80 Å². The first-order valence-corrected chi connectivity index (χ1v) is 11.2. The largest absolute Gasteiger partial charge is 0.361 e. The van der Waals surface area contributed by atoms with Crippen LogP contribution in [-0.4, -0.2) is 29.3 Å². The molecular formula is C20H26N3S3+. The third kappa shape index (κ3) is 3.97. The predicted octanol–water partition coefficient (Wildman–Crippen LogP) is 5.07. The molecule has 3 heterocycles. The molecule has 2 aliphatic heterocycles. The Hall–Kier alpha value is -1.37. The highest BCUT2D eigenvalue weighted by Crippen LogP contribution is 2.36. The zero-order valence-corrected chi connectivity index (χ0v) is 18.6. The summed E-state index contributed by atoms with van der Waals surface area (Å²) in [7, 11) is 6.41. The monoisotopic (exact) mass is 404 g/mol. The van der Waals surface area contributed by atoms with Crippen molar-refractivity contribution in [1.29, 1.82) is 0 Å². The summed E-state index contributed by atoms with van der Waals surface area (Å²) in [5.74, 6) is 0. The highest BCUT2D eigenvalue weighted by Gasteiger charge is 2.24. The van der Waals surface area contributed by atoms with Crippen LogP contribution in [0, 0.1) is 6.92 Å². The van der Waals surface area contributed by atoms with Gasteiger partial charge in [-0.05, 0) is 42.4 Å². The van der Waals surface area contributed by atoms with E-state index in [0.717, 1.165) is 0 Å². The Morgan fingerprint density at radius 1 is 1.15 bits per heavy atom. The highest BCUT2D eigenvalue weighted by molar-refractivity contribution is 8.06. The van der Waals surface area contributed by atoms with Gasteiger partial charge in [-0.2, -0.15) is 4.57 Å². The summed E-state index contributed by atoms with van der Waals surface area (Å²) in [5.41, 5.74) is 5.20. The Labute approximate surface area is 169 Å². The predicted molar refractivity (Wildman–Crippen MR) is 117 cm³/mol. The second-order valence-electron chi connectivity index (χ2n) is 6.57. The molecule has 3 nitrogen and oxygen atoms in total. The van der Waals surface area contributed by atoms with Crippen molar-refractivity contribution in [2.75, 3.05) is 14.1 Å². The molecule has 0 spiro atoms. The van der Waals surface area contributed by atoms with Crippen LogP contribution >= 0.6 is 34.9 Å². The standard InChI is InChI=1S/C20H26N3S3/c1-14-11-24-18(21(14)4)9-7-17(20-23(6)16(3)13-26-20)8-10-19-22(5)15(2)12-25-19/h7-13,20H,1-6H3/q+1. The maximum absolute atomic E-state index is 2.34. The van der Waals surface area contributed by atoms with Gasteiger partial charge in [-0.3, -0.25) is 0 Å². The first-order valence-electron chi connectivity index (χ1n) is 8.54. The third-order valence-electron chi connectivity index (χ3n) is 4.82. The van der Waals surface area contributed by atoms with Gasteiger partial charge in [0.25, 0.3) is 5.01 Å². The molecule has 0 aromatic carbocycles. The van der Waals surface area contributed by atoms with Gasteiger partial charge in [-0.15, -0.1) is 11.8 Å². The molecule has 1 aromatic heterocycles. The van der Waals surface area contributed by atoms with Gasteiger partial charge in [-0.25, -0.2) is 0 Å². The van der Waals surface area contributed by atoms with E-state index in [2.05, 4.69) is 96.8 Å². The fourth-order valence-electron chi connectivity index (χ4n) is 2.64. The van der Waals surface area contributed by atoms with E-state index in [1.54, 1.807) is 23.1 Å². The Morgan fingerprint density at radius 2 is 1.92 bits per heavy atom. The minimum absolute atomic E-state index is 0.320. The summed E-state index contributed by atoms with van der Waals surface area (Å²) in [4.78, 5) is 4.58. The molecule has 138 valence electrons. The Bertz CT molecular complexity index is 842. The Balaban J connectivity index is 1.89. The van der Waals surface area contributed by atoms with Crippen LogP contribution in [0.25, 0.3) is 6.08 Å². The van der Waals surface area contributed by atoms with E-state index in [1.807, 2.05) is 11.8 Å². The number of hydrogen-bond acceptors (Lipinski definition) is 5. The van der Waals surface area contributed by atoms with Crippen molar-refractivity contribution in [2.45, 2.75) is 26.1 Å². The van der Waals surface area contributed by atoms with Crippen LogP contribution in [-0.2, 0) is 7.05 Å². The number of likely N-dealkylation sites (N-methyl/N-ethyl adjacent to an activating group) is 1. The minimum atomic E-state index is 0.320. The van der Waals surface area contributed by atoms with Crippen molar-refractivity contribution in [2.24, 2.45) is 7.05 Å². The molecular weight excluding hydrogens is 378 g/mol. The second kappa shape index (κ2) is 8.11. The van der Waals surface area contributed by atoms with E-state index in [1.165, 1.54) is 32.7 Å². The van der Waals surface area contributed by atoms with Gasteiger partial charge in [0.05, 0.1) is 10.4 Å². The van der Waals surface area contributed by atoms with E-state index in [4.69, 9.17) is 0 Å². The maximum atomic E-state index is 2.34. The lowest BCUT2D eigenvalue weighted by Gasteiger charge is -2.24. The molecule has 0 saturated carbocycles. The number of nitrogens with zero attached hydrogens (tertiary/aromatic N) is 3. The van der Waals surface area contributed by atoms with Gasteiger partial charge in [-0.1, -0.05) is 29.2 Å². The van der Waals surface area contributed by atoms with Crippen LogP contribution in [0.2, 0.25) is 0 Å². The van der Waals surface area contributed by atoms with Gasteiger partial charge in [0, 0.05) is 38.5 Å². The van der Waals surface area contributed by atoms with Crippen molar-refractivity contribution in [3.63, 3.8) is 0 Å². The molecule has 3 rings (SSSR count). The summed E-state index contributed by atoms with van der Waals surface area (Å²) < 4.78 is 2.24. The molecule has 0 bridgehead atoms. The van der Waals surface area contributed by atoms with Crippen molar-refractivity contribution >= 4 is 40.9 Å². The van der Waals surface area contributed by atoms with Crippen LogP contribution in [0.3, 0.4) is 0 Å². The van der Waals surface area contributed by atoms with Crippen LogP contribution in [0.15, 0.2) is 56.4 Å². The molecule has 1 atom stereocenters. The number of hydrogen-bond donors (Lipinski definition) is 0. The number of rotatable bonds is 4. The van der Waals surface area contributed by atoms with Gasteiger partial charge < -0.3 is 9.80 Å². The lowest BCUT2D eigenvalue weighted by atomic mass is 10.2. The Kier molecular flexibility index (Phi) is 6.05. The summed E-state index contributed by atoms with van der Waals surface area (Å²) in [6, 6.07) is 0. The number of aromatic nitrogens is 1. The Morgan fingerprint density at radius 3 is 2.46 bits per heavy atom. The normalized spacial score (nSPS) is 22.8. The molecule has 0 fully saturated rings.